The van der Waals surface area contributed by atoms with Crippen LogP contribution in [0.3, 0.4) is 0 Å². The van der Waals surface area contributed by atoms with Gasteiger partial charge >= 0.3 is 0 Å². The molecule has 1 heterocycles. The molecule has 6 heteroatoms. The highest BCUT2D eigenvalue weighted by molar-refractivity contribution is 7.80. The monoisotopic (exact) mass is 426 g/mol. The van der Waals surface area contributed by atoms with Crippen molar-refractivity contribution in [1.82, 2.24) is 5.32 Å². The van der Waals surface area contributed by atoms with E-state index in [4.69, 9.17) is 26.7 Å². The Labute approximate surface area is 184 Å². The number of carbonyl (C=O) groups is 1. The number of ether oxygens (including phenoxy) is 2. The number of nitrogens with zero attached hydrogens (tertiary/aromatic N) is 1. The zero-order chi connectivity index (χ0) is 21.3. The summed E-state index contributed by atoms with van der Waals surface area (Å²) in [5.41, 5.74) is 1.89. The van der Waals surface area contributed by atoms with Gasteiger partial charge in [-0.1, -0.05) is 18.3 Å². The molecule has 0 spiro atoms. The number of ketones is 1. The van der Waals surface area contributed by atoms with E-state index in [2.05, 4.69) is 11.4 Å². The van der Waals surface area contributed by atoms with Crippen LogP contribution in [-0.2, 0) is 4.79 Å². The summed E-state index contributed by atoms with van der Waals surface area (Å²) in [6, 6.07) is 5.71. The number of amidine groups is 1. The van der Waals surface area contributed by atoms with Crippen LogP contribution in [0.2, 0.25) is 0 Å². The van der Waals surface area contributed by atoms with Gasteiger partial charge in [0.25, 0.3) is 0 Å². The van der Waals surface area contributed by atoms with Crippen molar-refractivity contribution in [2.75, 3.05) is 20.8 Å². The van der Waals surface area contributed by atoms with Gasteiger partial charge in [-0.2, -0.15) is 0 Å². The highest BCUT2D eigenvalue weighted by atomic mass is 32.1. The van der Waals surface area contributed by atoms with Crippen molar-refractivity contribution in [3.8, 4) is 11.5 Å². The fraction of sp³-hybridized carbons (Fsp3) is 0.458. The summed E-state index contributed by atoms with van der Waals surface area (Å²) >= 11 is 5.72. The smallest absolute Gasteiger partial charge is 0.156 e. The molecule has 0 aromatic heterocycles. The van der Waals surface area contributed by atoms with Crippen LogP contribution >= 0.6 is 12.2 Å². The summed E-state index contributed by atoms with van der Waals surface area (Å²) in [4.78, 5) is 18.1. The zero-order valence-electron chi connectivity index (χ0n) is 17.8. The van der Waals surface area contributed by atoms with E-state index in [1.165, 1.54) is 0 Å². The van der Waals surface area contributed by atoms with Gasteiger partial charge in [-0.15, -0.1) is 0 Å². The molecule has 0 fully saturated rings. The Balaban J connectivity index is 1.79. The van der Waals surface area contributed by atoms with Crippen molar-refractivity contribution in [3.63, 3.8) is 0 Å². The number of carbonyl (C=O) groups excluding carboxylic acids is 1. The molecular weight excluding hydrogens is 396 g/mol. The van der Waals surface area contributed by atoms with Crippen LogP contribution in [0.1, 0.15) is 50.5 Å². The van der Waals surface area contributed by atoms with Gasteiger partial charge in [-0.3, -0.25) is 9.79 Å². The van der Waals surface area contributed by atoms with Crippen molar-refractivity contribution in [3.05, 3.63) is 42.1 Å². The van der Waals surface area contributed by atoms with Crippen molar-refractivity contribution in [1.29, 1.82) is 0 Å². The van der Waals surface area contributed by atoms with Gasteiger partial charge < -0.3 is 14.8 Å². The average Bonchev–Trinajstić information content (AvgIpc) is 3.03. The number of thiocarbonyl (C=S) groups is 1. The average molecular weight is 427 g/mol. The molecule has 1 atom stereocenters. The third kappa shape index (κ3) is 6.02. The molecule has 1 aromatic rings. The third-order valence-corrected chi connectivity index (χ3v) is 6.10. The normalized spacial score (nSPS) is 23.1. The van der Waals surface area contributed by atoms with Crippen LogP contribution < -0.4 is 14.8 Å². The van der Waals surface area contributed by atoms with E-state index < -0.39 is 0 Å². The first-order chi connectivity index (χ1) is 14.6. The molecule has 0 amide bonds. The van der Waals surface area contributed by atoms with E-state index in [1.807, 2.05) is 24.4 Å². The molecule has 1 aliphatic heterocycles. The molecule has 0 bridgehead atoms. The molecule has 0 saturated carbocycles. The molecular formula is C24H30N2O3S. The summed E-state index contributed by atoms with van der Waals surface area (Å²) < 4.78 is 10.9. The molecule has 1 aromatic carbocycles. The van der Waals surface area contributed by atoms with Gasteiger partial charge in [0.1, 0.15) is 17.3 Å². The Kier molecular flexibility index (Phi) is 8.20. The Morgan fingerprint density at radius 2 is 2.07 bits per heavy atom. The Hall–Kier alpha value is -2.47. The molecule has 1 aliphatic carbocycles. The molecule has 0 saturated heterocycles. The molecule has 1 N–H and O–H groups in total. The Morgan fingerprint density at radius 3 is 2.87 bits per heavy atom. The lowest BCUT2D eigenvalue weighted by molar-refractivity contribution is -0.114. The number of hydrogen-bond donors (Lipinski definition) is 1. The summed E-state index contributed by atoms with van der Waals surface area (Å²) in [6.45, 7) is 0.724. The summed E-state index contributed by atoms with van der Waals surface area (Å²) in [5, 5.41) is 3.27. The fourth-order valence-corrected chi connectivity index (χ4v) is 4.15. The zero-order valence-corrected chi connectivity index (χ0v) is 18.6. The Morgan fingerprint density at radius 1 is 1.20 bits per heavy atom. The molecule has 3 rings (SSSR count). The van der Waals surface area contributed by atoms with Gasteiger partial charge in [0.2, 0.25) is 0 Å². The Bertz CT molecular complexity index is 873. The van der Waals surface area contributed by atoms with Crippen LogP contribution in [0.15, 0.2) is 41.5 Å². The van der Waals surface area contributed by atoms with Crippen LogP contribution in [-0.4, -0.2) is 37.2 Å². The first kappa shape index (κ1) is 22.2. The van der Waals surface area contributed by atoms with Crippen LogP contribution in [0, 0.1) is 5.92 Å². The number of hydrogen-bond acceptors (Lipinski definition) is 5. The van der Waals surface area contributed by atoms with Gasteiger partial charge in [0.05, 0.1) is 14.2 Å². The van der Waals surface area contributed by atoms with E-state index in [0.717, 1.165) is 59.8 Å². The van der Waals surface area contributed by atoms with Gasteiger partial charge in [0, 0.05) is 31.0 Å². The fourth-order valence-electron chi connectivity index (χ4n) is 3.85. The molecule has 5 nitrogen and oxygen atoms in total. The van der Waals surface area contributed by atoms with E-state index in [0.29, 0.717) is 25.0 Å². The highest BCUT2D eigenvalue weighted by Gasteiger charge is 2.23. The molecule has 1 unspecified atom stereocenters. The molecule has 160 valence electrons. The number of nitrogens with one attached hydrogen (secondary N) is 1. The van der Waals surface area contributed by atoms with E-state index in [-0.39, 0.29) is 11.7 Å². The van der Waals surface area contributed by atoms with Gasteiger partial charge in [-0.05, 0) is 72.9 Å². The van der Waals surface area contributed by atoms with Crippen molar-refractivity contribution < 1.29 is 14.3 Å². The minimum atomic E-state index is 0.110. The number of aliphatic imine (C=N–C) groups is 1. The predicted molar refractivity (Wildman–Crippen MR) is 126 cm³/mol. The third-order valence-electron chi connectivity index (χ3n) is 5.56. The minimum absolute atomic E-state index is 0.110. The van der Waals surface area contributed by atoms with Crippen molar-refractivity contribution in [2.24, 2.45) is 10.9 Å². The second-order valence-corrected chi connectivity index (χ2v) is 8.15. The van der Waals surface area contributed by atoms with E-state index in [1.54, 1.807) is 20.3 Å². The highest BCUT2D eigenvalue weighted by Crippen LogP contribution is 2.36. The van der Waals surface area contributed by atoms with Crippen LogP contribution in [0.5, 0.6) is 11.5 Å². The maximum absolute atomic E-state index is 12.4. The number of methoxy groups -OCH3 is 2. The van der Waals surface area contributed by atoms with E-state index in [9.17, 15) is 4.79 Å². The van der Waals surface area contributed by atoms with Crippen LogP contribution in [0.25, 0.3) is 5.57 Å². The lowest BCUT2D eigenvalue weighted by atomic mass is 9.84. The van der Waals surface area contributed by atoms with E-state index >= 15 is 0 Å². The molecule has 0 radical (unpaired) electrons. The quantitative estimate of drug-likeness (QED) is 0.656. The summed E-state index contributed by atoms with van der Waals surface area (Å²) in [6.07, 6.45) is 11.8. The molecule has 2 aliphatic rings. The minimum Gasteiger partial charge on any atom is -0.497 e. The van der Waals surface area contributed by atoms with Crippen molar-refractivity contribution >= 4 is 34.3 Å². The number of allylic oxidation sites excluding steroid dienone is 3. The van der Waals surface area contributed by atoms with Gasteiger partial charge in [0.15, 0.2) is 5.78 Å². The maximum Gasteiger partial charge on any atom is 0.156 e. The number of benzene rings is 1. The standard InChI is InChI=1S/C24H30N2O3S/c1-28-20-8-9-21(22(16-20)29-2)18-14-17(23(30)10-7-19(27)15-18)11-13-26-24-6-4-3-5-12-25-24/h5,8-9,12,15-17H,3-4,6-7,10-11,13-14H2,1-2H3,(H,25,26)/b18-15+. The second-order valence-electron chi connectivity index (χ2n) is 7.63. The van der Waals surface area contributed by atoms with Gasteiger partial charge in [-0.25, -0.2) is 0 Å². The predicted octanol–water partition coefficient (Wildman–Crippen LogP) is 4.90. The lowest BCUT2D eigenvalue weighted by Gasteiger charge is -2.23. The molecule has 30 heavy (non-hydrogen) atoms. The summed E-state index contributed by atoms with van der Waals surface area (Å²) in [7, 11) is 3.26. The van der Waals surface area contributed by atoms with Crippen molar-refractivity contribution in [2.45, 2.75) is 44.9 Å². The first-order valence-corrected chi connectivity index (χ1v) is 10.9. The van der Waals surface area contributed by atoms with Crippen LogP contribution in [0.4, 0.5) is 0 Å². The number of rotatable bonds is 6. The maximum atomic E-state index is 12.4. The second kappa shape index (κ2) is 11.1. The summed E-state index contributed by atoms with van der Waals surface area (Å²) in [5.74, 6) is 2.79. The first-order valence-electron chi connectivity index (χ1n) is 10.5. The topological polar surface area (TPSA) is 59.9 Å². The lowest BCUT2D eigenvalue weighted by Crippen LogP contribution is -2.20. The largest absolute Gasteiger partial charge is 0.497 e. The SMILES string of the molecule is COc1ccc(/C2=C/C(=O)CCC(=S)C(CCN=C3CCCC=CN3)C2)c(OC)c1.